The normalized spacial score (nSPS) is 9.82. The number of fused-ring (bicyclic) bond motifs is 1. The Bertz CT molecular complexity index is 258. The predicted octanol–water partition coefficient (Wildman–Crippen LogP) is 0.874. The van der Waals surface area contributed by atoms with Crippen LogP contribution in [0, 0.1) is 0 Å². The topological polar surface area (TPSA) is 53.4 Å². The molecule has 1 radical (unpaired) electrons. The molecule has 6 heteroatoms. The third-order valence-corrected chi connectivity index (χ3v) is 1.75. The standard InChI is InChI=1S/C5HCl2N.BH2O2/c6-2-1-3-4(2)5(7)8-3;2-1-3/h1H;2-3H. The molecule has 0 unspecified atom stereocenters. The fraction of sp³-hybridized carbons (Fsp3) is 0. The fourth-order valence-electron chi connectivity index (χ4n) is 0.710. The molecule has 0 aromatic rings. The molecule has 2 rings (SSSR count). The van der Waals surface area contributed by atoms with Crippen molar-refractivity contribution in [3.63, 3.8) is 0 Å². The van der Waals surface area contributed by atoms with Gasteiger partial charge >= 0.3 is 7.69 Å². The van der Waals surface area contributed by atoms with E-state index in [1.165, 1.54) is 0 Å². The van der Waals surface area contributed by atoms with E-state index < -0.39 is 0 Å². The summed E-state index contributed by atoms with van der Waals surface area (Å²) < 4.78 is 0. The summed E-state index contributed by atoms with van der Waals surface area (Å²) in [6.07, 6.45) is 0. The first-order valence-corrected chi connectivity index (χ1v) is 3.42. The molecule has 0 fully saturated rings. The van der Waals surface area contributed by atoms with Gasteiger partial charge in [-0.3, -0.25) is 0 Å². The van der Waals surface area contributed by atoms with Crippen LogP contribution in [-0.2, 0) is 0 Å². The summed E-state index contributed by atoms with van der Waals surface area (Å²) in [5, 5.41) is 15.3. The molecule has 57 valence electrons. The van der Waals surface area contributed by atoms with Crippen LogP contribution in [0.1, 0.15) is 0 Å². The Morgan fingerprint density at radius 1 is 1.36 bits per heavy atom. The number of rotatable bonds is 0. The summed E-state index contributed by atoms with van der Waals surface area (Å²) >= 11 is 11.1. The molecular weight excluding hydrogens is 188 g/mol. The average Bonchev–Trinajstić information content (AvgIpc) is 1.86. The third-order valence-electron chi connectivity index (χ3n) is 1.18. The van der Waals surface area contributed by atoms with Crippen LogP contribution in [0.2, 0.25) is 10.2 Å². The Balaban J connectivity index is 0.000000179. The van der Waals surface area contributed by atoms with E-state index in [4.69, 9.17) is 33.2 Å². The van der Waals surface area contributed by atoms with Gasteiger partial charge in [0.05, 0.1) is 16.3 Å². The van der Waals surface area contributed by atoms with Crippen LogP contribution in [0.3, 0.4) is 0 Å². The van der Waals surface area contributed by atoms with E-state index >= 15 is 0 Å². The quantitative estimate of drug-likeness (QED) is 0.479. The Kier molecular flexibility index (Phi) is 2.73. The maximum Gasteiger partial charge on any atom is 0.482 e. The van der Waals surface area contributed by atoms with Gasteiger partial charge in [0.1, 0.15) is 5.15 Å². The molecule has 0 bridgehead atoms. The molecule has 3 nitrogen and oxygen atoms in total. The first kappa shape index (κ1) is 8.81. The number of nitrogens with zero attached hydrogens (tertiary/aromatic N) is 1. The van der Waals surface area contributed by atoms with Gasteiger partial charge in [-0.2, -0.15) is 0 Å². The van der Waals surface area contributed by atoms with Gasteiger partial charge in [-0.25, -0.2) is 4.98 Å². The van der Waals surface area contributed by atoms with Crippen LogP contribution in [0.25, 0.3) is 11.3 Å². The Labute approximate surface area is 73.9 Å². The second kappa shape index (κ2) is 3.41. The molecule has 1 heterocycles. The highest BCUT2D eigenvalue weighted by atomic mass is 35.5. The van der Waals surface area contributed by atoms with Gasteiger partial charge in [-0.15, -0.1) is 0 Å². The summed E-state index contributed by atoms with van der Waals surface area (Å²) in [7, 11) is 0. The van der Waals surface area contributed by atoms with Crippen LogP contribution < -0.4 is 0 Å². The first-order valence-electron chi connectivity index (χ1n) is 2.67. The van der Waals surface area contributed by atoms with Crippen molar-refractivity contribution < 1.29 is 10.0 Å². The summed E-state index contributed by atoms with van der Waals surface area (Å²) in [6.45, 7) is 0. The molecule has 0 atom stereocenters. The molecule has 0 aromatic carbocycles. The first-order chi connectivity index (χ1) is 5.20. The second-order valence-electron chi connectivity index (χ2n) is 1.77. The van der Waals surface area contributed by atoms with E-state index in [0.717, 1.165) is 16.3 Å². The number of hydrogen-bond donors (Lipinski definition) is 2. The maximum absolute atomic E-state index is 7.00. The molecule has 1 aliphatic heterocycles. The minimum absolute atomic E-state index is 0. The number of halogens is 2. The lowest BCUT2D eigenvalue weighted by Gasteiger charge is -2.16. The predicted molar refractivity (Wildman–Crippen MR) is 43.4 cm³/mol. The highest BCUT2D eigenvalue weighted by Crippen LogP contribution is 2.43. The van der Waals surface area contributed by atoms with E-state index in [9.17, 15) is 0 Å². The van der Waals surface area contributed by atoms with Gasteiger partial charge in [-0.1, -0.05) is 23.2 Å². The van der Waals surface area contributed by atoms with Crippen molar-refractivity contribution in [3.05, 3.63) is 16.2 Å². The maximum atomic E-state index is 7.00. The molecule has 0 amide bonds. The van der Waals surface area contributed by atoms with Crippen molar-refractivity contribution in [2.24, 2.45) is 0 Å². The van der Waals surface area contributed by atoms with Crippen LogP contribution in [0.15, 0.2) is 6.07 Å². The van der Waals surface area contributed by atoms with E-state index in [1.54, 1.807) is 6.07 Å². The molecule has 1 aliphatic carbocycles. The lowest BCUT2D eigenvalue weighted by Crippen LogP contribution is -1.99. The zero-order valence-electron chi connectivity index (χ0n) is 5.25. The monoisotopic (exact) mass is 190 g/mol. The summed E-state index contributed by atoms with van der Waals surface area (Å²) in [5.41, 5.74) is 1.88. The molecule has 0 aromatic heterocycles. The largest absolute Gasteiger partial charge is 0.482 e. The van der Waals surface area contributed by atoms with E-state index in [0.29, 0.717) is 5.15 Å². The molecule has 2 aliphatic rings. The minimum atomic E-state index is 0. The summed E-state index contributed by atoms with van der Waals surface area (Å²) in [5.74, 6) is 0. The Morgan fingerprint density at radius 2 is 1.91 bits per heavy atom. The van der Waals surface area contributed by atoms with Gasteiger partial charge in [-0.05, 0) is 6.07 Å². The zero-order valence-corrected chi connectivity index (χ0v) is 6.76. The van der Waals surface area contributed by atoms with Crippen LogP contribution in [0.4, 0.5) is 0 Å². The van der Waals surface area contributed by atoms with E-state index in [1.807, 2.05) is 0 Å². The van der Waals surface area contributed by atoms with Crippen molar-refractivity contribution in [2.75, 3.05) is 0 Å². The molecule has 0 spiro atoms. The van der Waals surface area contributed by atoms with Gasteiger partial charge in [0.2, 0.25) is 0 Å². The zero-order chi connectivity index (χ0) is 8.43. The number of pyridine rings is 1. The highest BCUT2D eigenvalue weighted by Gasteiger charge is 2.23. The fourth-order valence-corrected chi connectivity index (χ4v) is 1.34. The molecule has 11 heavy (non-hydrogen) atoms. The smallest absolute Gasteiger partial charge is 0.429 e. The van der Waals surface area contributed by atoms with Gasteiger partial charge < -0.3 is 10.0 Å². The minimum Gasteiger partial charge on any atom is -0.429 e. The summed E-state index contributed by atoms with van der Waals surface area (Å²) in [6, 6.07) is 1.79. The number of hydrogen-bond acceptors (Lipinski definition) is 3. The SMILES string of the molecule is Clc1cc2nc(Cl)c1-2.O[B]O. The lowest BCUT2D eigenvalue weighted by molar-refractivity contribution is 0.448. The Morgan fingerprint density at radius 3 is 2.09 bits per heavy atom. The third kappa shape index (κ3) is 1.49. The number of aromatic nitrogens is 1. The van der Waals surface area contributed by atoms with Crippen molar-refractivity contribution in [2.45, 2.75) is 0 Å². The van der Waals surface area contributed by atoms with E-state index in [2.05, 4.69) is 4.98 Å². The molecule has 0 saturated carbocycles. The molecular formula is C5H3BCl2NO2. The lowest BCUT2D eigenvalue weighted by atomic mass is 10.1. The van der Waals surface area contributed by atoms with Crippen LogP contribution >= 0.6 is 23.2 Å². The molecule has 0 saturated heterocycles. The summed E-state index contributed by atoms with van der Waals surface area (Å²) in [4.78, 5) is 3.84. The van der Waals surface area contributed by atoms with Gasteiger partial charge in [0.25, 0.3) is 0 Å². The molecule has 2 N–H and O–H groups in total. The van der Waals surface area contributed by atoms with E-state index in [-0.39, 0.29) is 7.69 Å². The Hall–Kier alpha value is -0.285. The highest BCUT2D eigenvalue weighted by molar-refractivity contribution is 6.41. The van der Waals surface area contributed by atoms with Crippen molar-refractivity contribution >= 4 is 30.9 Å². The average molecular weight is 191 g/mol. The van der Waals surface area contributed by atoms with Crippen LogP contribution in [-0.4, -0.2) is 22.7 Å². The van der Waals surface area contributed by atoms with Crippen molar-refractivity contribution in [1.29, 1.82) is 0 Å². The van der Waals surface area contributed by atoms with Gasteiger partial charge in [0, 0.05) is 0 Å². The van der Waals surface area contributed by atoms with Crippen molar-refractivity contribution in [1.82, 2.24) is 4.98 Å². The van der Waals surface area contributed by atoms with Gasteiger partial charge in [0.15, 0.2) is 0 Å². The van der Waals surface area contributed by atoms with Crippen molar-refractivity contribution in [3.8, 4) is 11.3 Å². The van der Waals surface area contributed by atoms with Crippen LogP contribution in [0.5, 0.6) is 0 Å². The second-order valence-corrected chi connectivity index (χ2v) is 2.54.